The van der Waals surface area contributed by atoms with Gasteiger partial charge in [-0.2, -0.15) is 0 Å². The molecule has 22 heavy (non-hydrogen) atoms. The van der Waals surface area contributed by atoms with E-state index >= 15 is 0 Å². The van der Waals surface area contributed by atoms with Crippen LogP contribution in [-0.2, 0) is 4.79 Å². The first kappa shape index (κ1) is 17.5. The highest BCUT2D eigenvalue weighted by atomic mass is 16.4. The monoisotopic (exact) mass is 307 g/mol. The van der Waals surface area contributed by atoms with Crippen LogP contribution in [0.2, 0.25) is 0 Å². The van der Waals surface area contributed by atoms with Crippen LogP contribution in [0.4, 0.5) is 0 Å². The summed E-state index contributed by atoms with van der Waals surface area (Å²) >= 11 is 0. The minimum atomic E-state index is -0.856. The second-order valence-corrected chi connectivity index (χ2v) is 8.64. The van der Waals surface area contributed by atoms with Crippen molar-refractivity contribution >= 4 is 5.97 Å². The topological polar surface area (TPSA) is 40.1 Å². The SMILES string of the molecule is C=CC[N+]1(C2CCC(C(=O)[O-])CC2)C(C)(C)CCCC1(C)C. The molecule has 0 aromatic heterocycles. The lowest BCUT2D eigenvalue weighted by Crippen LogP contribution is -2.77. The van der Waals surface area contributed by atoms with Crippen LogP contribution < -0.4 is 5.11 Å². The summed E-state index contributed by atoms with van der Waals surface area (Å²) in [6.07, 6.45) is 9.39. The number of hydrogen-bond acceptors (Lipinski definition) is 2. The van der Waals surface area contributed by atoms with Gasteiger partial charge in [0, 0.05) is 31.7 Å². The molecule has 0 radical (unpaired) electrons. The Morgan fingerprint density at radius 3 is 2.05 bits per heavy atom. The van der Waals surface area contributed by atoms with Crippen molar-refractivity contribution in [2.45, 2.75) is 89.8 Å². The van der Waals surface area contributed by atoms with Gasteiger partial charge in [-0.25, -0.2) is 0 Å². The van der Waals surface area contributed by atoms with Crippen molar-refractivity contribution in [2.24, 2.45) is 5.92 Å². The number of nitrogens with zero attached hydrogens (tertiary/aromatic N) is 1. The molecule has 0 aromatic rings. The number of quaternary nitrogens is 1. The number of carboxylic acids is 1. The van der Waals surface area contributed by atoms with Gasteiger partial charge in [-0.15, -0.1) is 0 Å². The Bertz CT molecular complexity index is 415. The fraction of sp³-hybridized carbons (Fsp3) is 0.842. The average molecular weight is 307 g/mol. The third-order valence-corrected chi connectivity index (χ3v) is 6.81. The van der Waals surface area contributed by atoms with E-state index in [-0.39, 0.29) is 17.0 Å². The highest BCUT2D eigenvalue weighted by Gasteiger charge is 2.59. The maximum atomic E-state index is 11.2. The van der Waals surface area contributed by atoms with Crippen LogP contribution in [0.3, 0.4) is 0 Å². The quantitative estimate of drug-likeness (QED) is 0.591. The van der Waals surface area contributed by atoms with Crippen molar-refractivity contribution in [1.29, 1.82) is 0 Å². The van der Waals surface area contributed by atoms with Gasteiger partial charge >= 0.3 is 0 Å². The van der Waals surface area contributed by atoms with Crippen molar-refractivity contribution in [1.82, 2.24) is 0 Å². The van der Waals surface area contributed by atoms with Crippen LogP contribution in [-0.4, -0.2) is 34.1 Å². The third kappa shape index (κ3) is 2.62. The molecule has 2 fully saturated rings. The second kappa shape index (κ2) is 5.99. The van der Waals surface area contributed by atoms with Crippen LogP contribution in [0.1, 0.15) is 72.6 Å². The molecule has 2 rings (SSSR count). The Balaban J connectivity index is 2.35. The first-order chi connectivity index (χ1) is 10.2. The molecule has 0 amide bonds. The van der Waals surface area contributed by atoms with E-state index in [4.69, 9.17) is 0 Å². The van der Waals surface area contributed by atoms with Crippen LogP contribution >= 0.6 is 0 Å². The molecule has 0 atom stereocenters. The Hall–Kier alpha value is -0.830. The van der Waals surface area contributed by atoms with Crippen LogP contribution in [0.25, 0.3) is 0 Å². The lowest BCUT2D eigenvalue weighted by molar-refractivity contribution is -1.04. The van der Waals surface area contributed by atoms with Gasteiger partial charge in [0.2, 0.25) is 0 Å². The molecular weight excluding hydrogens is 274 g/mol. The number of carbonyl (C=O) groups excluding carboxylic acids is 1. The smallest absolute Gasteiger partial charge is 0.0981 e. The summed E-state index contributed by atoms with van der Waals surface area (Å²) in [5.41, 5.74) is 0.434. The van der Waals surface area contributed by atoms with Crippen LogP contribution in [0.15, 0.2) is 12.7 Å². The molecule has 1 saturated carbocycles. The Labute approximate surface area is 136 Å². The van der Waals surface area contributed by atoms with E-state index in [0.717, 1.165) is 36.7 Å². The zero-order valence-electron chi connectivity index (χ0n) is 14.9. The van der Waals surface area contributed by atoms with E-state index in [1.54, 1.807) is 0 Å². The Kier molecular flexibility index (Phi) is 4.77. The third-order valence-electron chi connectivity index (χ3n) is 6.81. The Morgan fingerprint density at radius 1 is 1.14 bits per heavy atom. The summed E-state index contributed by atoms with van der Waals surface area (Å²) in [7, 11) is 0. The van der Waals surface area contributed by atoms with Gasteiger partial charge < -0.3 is 14.4 Å². The van der Waals surface area contributed by atoms with Gasteiger partial charge in [-0.05, 0) is 59.0 Å². The number of hydrogen-bond donors (Lipinski definition) is 0. The number of aliphatic carboxylic acids is 1. The number of carbonyl (C=O) groups is 1. The fourth-order valence-electron chi connectivity index (χ4n) is 5.76. The summed E-state index contributed by atoms with van der Waals surface area (Å²) in [4.78, 5) is 11.2. The first-order valence-corrected chi connectivity index (χ1v) is 8.88. The van der Waals surface area contributed by atoms with Gasteiger partial charge in [-0.3, -0.25) is 0 Å². The molecule has 3 nitrogen and oxygen atoms in total. The lowest BCUT2D eigenvalue weighted by atomic mass is 9.71. The summed E-state index contributed by atoms with van der Waals surface area (Å²) in [5.74, 6) is -1.10. The minimum Gasteiger partial charge on any atom is -0.550 e. The standard InChI is InChI=1S/C19H33NO2/c1-6-14-20(16-10-8-15(9-11-16)17(21)22)18(2,3)12-7-13-19(20,4)5/h6,15-16H,1,7-14H2,2-5H3. The first-order valence-electron chi connectivity index (χ1n) is 8.88. The largest absolute Gasteiger partial charge is 0.550 e. The van der Waals surface area contributed by atoms with Gasteiger partial charge in [0.25, 0.3) is 0 Å². The van der Waals surface area contributed by atoms with E-state index in [1.165, 1.54) is 19.3 Å². The zero-order valence-corrected chi connectivity index (χ0v) is 14.9. The van der Waals surface area contributed by atoms with Crippen molar-refractivity contribution < 1.29 is 14.4 Å². The van der Waals surface area contributed by atoms with E-state index in [1.807, 2.05) is 0 Å². The van der Waals surface area contributed by atoms with Gasteiger partial charge in [-0.1, -0.05) is 6.58 Å². The molecule has 1 aliphatic carbocycles. The molecule has 1 heterocycles. The molecule has 2 aliphatic rings. The van der Waals surface area contributed by atoms with Gasteiger partial charge in [0.15, 0.2) is 0 Å². The molecule has 1 saturated heterocycles. The summed E-state index contributed by atoms with van der Waals surface area (Å²) in [6.45, 7) is 14.7. The maximum absolute atomic E-state index is 11.2. The maximum Gasteiger partial charge on any atom is 0.0981 e. The number of likely N-dealkylation sites (tertiary alicyclic amines) is 1. The lowest BCUT2D eigenvalue weighted by Gasteiger charge is -2.66. The molecule has 0 aromatic carbocycles. The molecule has 0 N–H and O–H groups in total. The highest BCUT2D eigenvalue weighted by Crippen LogP contribution is 2.50. The van der Waals surface area contributed by atoms with E-state index in [0.29, 0.717) is 6.04 Å². The fourth-order valence-corrected chi connectivity index (χ4v) is 5.76. The van der Waals surface area contributed by atoms with E-state index in [9.17, 15) is 9.90 Å². The van der Waals surface area contributed by atoms with Crippen molar-refractivity contribution in [3.05, 3.63) is 12.7 Å². The predicted octanol–water partition coefficient (Wildman–Crippen LogP) is 3.04. The van der Waals surface area contributed by atoms with E-state index < -0.39 is 5.97 Å². The number of carboxylic acid groups (broad SMARTS) is 1. The number of rotatable bonds is 4. The van der Waals surface area contributed by atoms with E-state index in [2.05, 4.69) is 40.3 Å². The molecule has 0 unspecified atom stereocenters. The average Bonchev–Trinajstić information content (AvgIpc) is 2.42. The highest BCUT2D eigenvalue weighted by molar-refractivity contribution is 5.67. The van der Waals surface area contributed by atoms with Gasteiger partial charge in [0.1, 0.15) is 0 Å². The predicted molar refractivity (Wildman–Crippen MR) is 88.1 cm³/mol. The van der Waals surface area contributed by atoms with Crippen LogP contribution in [0.5, 0.6) is 0 Å². The zero-order chi connectivity index (χ0) is 16.6. The normalized spacial score (nSPS) is 33.1. The Morgan fingerprint density at radius 2 is 1.64 bits per heavy atom. The minimum absolute atomic E-state index is 0.217. The second-order valence-electron chi connectivity index (χ2n) is 8.64. The van der Waals surface area contributed by atoms with Crippen molar-refractivity contribution in [2.75, 3.05) is 6.54 Å². The van der Waals surface area contributed by atoms with Gasteiger partial charge in [0.05, 0.1) is 23.7 Å². The summed E-state index contributed by atoms with van der Waals surface area (Å²) < 4.78 is 1.07. The summed E-state index contributed by atoms with van der Waals surface area (Å²) in [6, 6.07) is 0.541. The molecular formula is C19H33NO2. The number of piperidine rings is 1. The van der Waals surface area contributed by atoms with Crippen molar-refractivity contribution in [3.8, 4) is 0 Å². The molecule has 1 aliphatic heterocycles. The molecule has 126 valence electrons. The van der Waals surface area contributed by atoms with Crippen molar-refractivity contribution in [3.63, 3.8) is 0 Å². The molecule has 0 bridgehead atoms. The van der Waals surface area contributed by atoms with Crippen LogP contribution in [0, 0.1) is 5.92 Å². The summed E-state index contributed by atoms with van der Waals surface area (Å²) in [5, 5.41) is 11.2. The molecule has 3 heteroatoms. The molecule has 0 spiro atoms.